The molecule has 1 aromatic carbocycles. The van der Waals surface area contributed by atoms with Crippen LogP contribution in [-0.2, 0) is 20.7 Å². The second-order valence-corrected chi connectivity index (χ2v) is 5.75. The molecule has 120 valence electrons. The monoisotopic (exact) mass is 372 g/mol. The van der Waals surface area contributed by atoms with Crippen LogP contribution in [0.4, 0.5) is 5.82 Å². The van der Waals surface area contributed by atoms with Crippen LogP contribution in [0.15, 0.2) is 36.5 Å². The lowest BCUT2D eigenvalue weighted by Gasteiger charge is -2.06. The molecular formula is C15H11Cl3N2O3. The molecule has 0 bridgehead atoms. The molecule has 0 spiro atoms. The lowest BCUT2D eigenvalue weighted by atomic mass is 10.1. The van der Waals surface area contributed by atoms with Gasteiger partial charge in [0.1, 0.15) is 5.82 Å². The normalized spacial score (nSPS) is 10.2. The number of hydrogen-bond acceptors (Lipinski definition) is 4. The van der Waals surface area contributed by atoms with Crippen molar-refractivity contribution >= 4 is 52.5 Å². The number of hydrogen-bond donors (Lipinski definition) is 1. The third kappa shape index (κ3) is 5.71. The van der Waals surface area contributed by atoms with Gasteiger partial charge in [-0.1, -0.05) is 40.9 Å². The fraction of sp³-hybridized carbons (Fsp3) is 0.133. The molecule has 8 heteroatoms. The van der Waals surface area contributed by atoms with Crippen molar-refractivity contribution in [3.05, 3.63) is 57.2 Å². The minimum atomic E-state index is -0.553. The van der Waals surface area contributed by atoms with E-state index in [1.54, 1.807) is 24.3 Å². The Morgan fingerprint density at radius 2 is 1.87 bits per heavy atom. The van der Waals surface area contributed by atoms with Gasteiger partial charge in [-0.25, -0.2) is 4.98 Å². The van der Waals surface area contributed by atoms with Gasteiger partial charge in [-0.2, -0.15) is 0 Å². The molecule has 23 heavy (non-hydrogen) atoms. The maximum atomic E-state index is 11.7. The molecular weight excluding hydrogens is 363 g/mol. The van der Waals surface area contributed by atoms with E-state index in [0.717, 1.165) is 0 Å². The smallest absolute Gasteiger partial charge is 0.310 e. The van der Waals surface area contributed by atoms with E-state index in [4.69, 9.17) is 39.5 Å². The zero-order chi connectivity index (χ0) is 16.8. The summed E-state index contributed by atoms with van der Waals surface area (Å²) >= 11 is 17.3. The number of aromatic nitrogens is 1. The third-order valence-electron chi connectivity index (χ3n) is 2.69. The molecule has 1 amide bonds. The minimum Gasteiger partial charge on any atom is -0.455 e. The van der Waals surface area contributed by atoms with E-state index in [9.17, 15) is 9.59 Å². The average Bonchev–Trinajstić information content (AvgIpc) is 2.51. The van der Waals surface area contributed by atoms with Crippen LogP contribution in [0.2, 0.25) is 15.1 Å². The molecule has 0 aliphatic rings. The molecule has 0 fully saturated rings. The number of halogens is 3. The van der Waals surface area contributed by atoms with Gasteiger partial charge in [0, 0.05) is 6.20 Å². The fourth-order valence-electron chi connectivity index (χ4n) is 1.64. The van der Waals surface area contributed by atoms with Crippen LogP contribution in [-0.4, -0.2) is 23.5 Å². The standard InChI is InChI=1S/C15H11Cl3N2O3/c16-10-2-4-13(19-7-10)20-14(21)8-23-15(22)6-9-1-3-11(17)12(18)5-9/h1-5,7H,6,8H2,(H,19,20,21). The molecule has 2 aromatic rings. The van der Waals surface area contributed by atoms with E-state index >= 15 is 0 Å². The van der Waals surface area contributed by atoms with Crippen molar-refractivity contribution in [2.75, 3.05) is 11.9 Å². The number of rotatable bonds is 5. The highest BCUT2D eigenvalue weighted by Gasteiger charge is 2.10. The maximum Gasteiger partial charge on any atom is 0.310 e. The fourth-order valence-corrected chi connectivity index (χ4v) is 2.07. The quantitative estimate of drug-likeness (QED) is 0.810. The number of amides is 1. The molecule has 1 N–H and O–H groups in total. The van der Waals surface area contributed by atoms with Gasteiger partial charge in [0.05, 0.1) is 21.5 Å². The number of pyridine rings is 1. The second-order valence-electron chi connectivity index (χ2n) is 4.50. The first-order valence-electron chi connectivity index (χ1n) is 6.45. The molecule has 0 aliphatic heterocycles. The van der Waals surface area contributed by atoms with Crippen molar-refractivity contribution in [1.29, 1.82) is 0 Å². The number of nitrogens with one attached hydrogen (secondary N) is 1. The van der Waals surface area contributed by atoms with Crippen LogP contribution in [0, 0.1) is 0 Å². The number of esters is 1. The van der Waals surface area contributed by atoms with Crippen molar-refractivity contribution in [1.82, 2.24) is 4.98 Å². The van der Waals surface area contributed by atoms with Gasteiger partial charge in [0.2, 0.25) is 0 Å². The molecule has 0 unspecified atom stereocenters. The summed E-state index contributed by atoms with van der Waals surface area (Å²) in [6.45, 7) is -0.412. The molecule has 0 atom stereocenters. The molecule has 0 saturated carbocycles. The van der Waals surface area contributed by atoms with Crippen LogP contribution in [0.1, 0.15) is 5.56 Å². The zero-order valence-corrected chi connectivity index (χ0v) is 14.0. The zero-order valence-electron chi connectivity index (χ0n) is 11.7. The number of benzene rings is 1. The van der Waals surface area contributed by atoms with Gasteiger partial charge in [-0.15, -0.1) is 0 Å². The van der Waals surface area contributed by atoms with Crippen molar-refractivity contribution in [3.63, 3.8) is 0 Å². The Bertz CT molecular complexity index is 720. The summed E-state index contributed by atoms with van der Waals surface area (Å²) in [5.41, 5.74) is 0.643. The van der Waals surface area contributed by atoms with E-state index in [1.165, 1.54) is 12.3 Å². The maximum absolute atomic E-state index is 11.7. The highest BCUT2D eigenvalue weighted by atomic mass is 35.5. The Balaban J connectivity index is 1.80. The average molecular weight is 374 g/mol. The van der Waals surface area contributed by atoms with Crippen molar-refractivity contribution in [2.45, 2.75) is 6.42 Å². The summed E-state index contributed by atoms with van der Waals surface area (Å²) in [6.07, 6.45) is 1.39. The number of carbonyl (C=O) groups excluding carboxylic acids is 2. The van der Waals surface area contributed by atoms with Crippen LogP contribution in [0.3, 0.4) is 0 Å². The summed E-state index contributed by atoms with van der Waals surface area (Å²) in [4.78, 5) is 27.3. The van der Waals surface area contributed by atoms with Gasteiger partial charge in [0.15, 0.2) is 6.61 Å². The highest BCUT2D eigenvalue weighted by molar-refractivity contribution is 6.42. The Morgan fingerprint density at radius 1 is 1.09 bits per heavy atom. The summed E-state index contributed by atoms with van der Waals surface area (Å²) < 4.78 is 4.89. The summed E-state index contributed by atoms with van der Waals surface area (Å²) in [5, 5.41) is 3.69. The van der Waals surface area contributed by atoms with Gasteiger partial charge < -0.3 is 10.1 Å². The number of anilines is 1. The van der Waals surface area contributed by atoms with Gasteiger partial charge in [-0.3, -0.25) is 9.59 Å². The van der Waals surface area contributed by atoms with E-state index in [2.05, 4.69) is 10.3 Å². The van der Waals surface area contributed by atoms with Gasteiger partial charge >= 0.3 is 5.97 Å². The Kier molecular flexibility index (Phi) is 6.21. The number of nitrogens with zero attached hydrogens (tertiary/aromatic N) is 1. The topological polar surface area (TPSA) is 68.3 Å². The largest absolute Gasteiger partial charge is 0.455 e. The number of ether oxygens (including phenoxy) is 1. The summed E-state index contributed by atoms with van der Waals surface area (Å²) in [7, 11) is 0. The third-order valence-corrected chi connectivity index (χ3v) is 3.65. The van der Waals surface area contributed by atoms with E-state index in [1.807, 2.05) is 0 Å². The van der Waals surface area contributed by atoms with Gasteiger partial charge in [0.25, 0.3) is 5.91 Å². The van der Waals surface area contributed by atoms with E-state index in [-0.39, 0.29) is 6.42 Å². The lowest BCUT2D eigenvalue weighted by molar-refractivity contribution is -0.146. The number of carbonyl (C=O) groups is 2. The van der Waals surface area contributed by atoms with Gasteiger partial charge in [-0.05, 0) is 29.8 Å². The molecule has 2 rings (SSSR count). The second kappa shape index (κ2) is 8.15. The van der Waals surface area contributed by atoms with Crippen molar-refractivity contribution in [3.8, 4) is 0 Å². The van der Waals surface area contributed by atoms with Crippen LogP contribution < -0.4 is 5.32 Å². The Morgan fingerprint density at radius 3 is 2.52 bits per heavy atom. The highest BCUT2D eigenvalue weighted by Crippen LogP contribution is 2.22. The van der Waals surface area contributed by atoms with E-state index in [0.29, 0.717) is 26.4 Å². The molecule has 5 nitrogen and oxygen atoms in total. The molecule has 1 heterocycles. The predicted molar refractivity (Wildman–Crippen MR) is 89.0 cm³/mol. The first-order valence-corrected chi connectivity index (χ1v) is 7.58. The minimum absolute atomic E-state index is 0.0106. The molecule has 0 aliphatic carbocycles. The molecule has 1 aromatic heterocycles. The first kappa shape index (κ1) is 17.5. The lowest BCUT2D eigenvalue weighted by Crippen LogP contribution is -2.22. The Hall–Kier alpha value is -1.82. The van der Waals surface area contributed by atoms with Crippen molar-refractivity contribution < 1.29 is 14.3 Å². The SMILES string of the molecule is O=C(COC(=O)Cc1ccc(Cl)c(Cl)c1)Nc1ccc(Cl)cn1. The van der Waals surface area contributed by atoms with Crippen molar-refractivity contribution in [2.24, 2.45) is 0 Å². The van der Waals surface area contributed by atoms with Crippen LogP contribution in [0.5, 0.6) is 0 Å². The summed E-state index contributed by atoms with van der Waals surface area (Å²) in [6, 6.07) is 7.94. The van der Waals surface area contributed by atoms with Crippen LogP contribution >= 0.6 is 34.8 Å². The molecule has 0 saturated heterocycles. The predicted octanol–water partition coefficient (Wildman–Crippen LogP) is 3.77. The first-order chi connectivity index (χ1) is 10.9. The summed E-state index contributed by atoms with van der Waals surface area (Å²) in [5.74, 6) is -0.732. The Labute approximate surface area is 147 Å². The van der Waals surface area contributed by atoms with E-state index < -0.39 is 18.5 Å². The van der Waals surface area contributed by atoms with Crippen LogP contribution in [0.25, 0.3) is 0 Å². The molecule has 0 radical (unpaired) electrons.